The third-order valence-electron chi connectivity index (χ3n) is 4.35. The van der Waals surface area contributed by atoms with Crippen molar-refractivity contribution in [3.05, 3.63) is 35.4 Å². The second-order valence-electron chi connectivity index (χ2n) is 6.63. The second-order valence-corrected chi connectivity index (χ2v) is 6.63. The van der Waals surface area contributed by atoms with Crippen LogP contribution >= 0.6 is 0 Å². The lowest BCUT2D eigenvalue weighted by atomic mass is 10.0. The highest BCUT2D eigenvalue weighted by molar-refractivity contribution is 5.83. The zero-order valence-electron chi connectivity index (χ0n) is 13.5. The van der Waals surface area contributed by atoms with E-state index in [4.69, 9.17) is 0 Å². The first-order valence-electron chi connectivity index (χ1n) is 7.47. The van der Waals surface area contributed by atoms with E-state index in [9.17, 15) is 9.90 Å². The molecule has 1 aliphatic carbocycles. The van der Waals surface area contributed by atoms with Gasteiger partial charge in [0, 0.05) is 19.0 Å². The molecule has 4 nitrogen and oxygen atoms in total. The number of carbonyl (C=O) groups is 1. The molecule has 0 heterocycles. The van der Waals surface area contributed by atoms with E-state index in [-0.39, 0.29) is 24.0 Å². The van der Waals surface area contributed by atoms with E-state index in [1.807, 2.05) is 51.2 Å². The molecule has 0 saturated heterocycles. The van der Waals surface area contributed by atoms with Gasteiger partial charge in [-0.1, -0.05) is 29.8 Å². The molecule has 1 atom stereocenters. The Morgan fingerprint density at radius 1 is 1.33 bits per heavy atom. The van der Waals surface area contributed by atoms with Crippen LogP contribution in [0.5, 0.6) is 0 Å². The number of carbonyl (C=O) groups excluding carboxylic acids is 1. The van der Waals surface area contributed by atoms with Crippen molar-refractivity contribution in [2.75, 3.05) is 34.3 Å². The van der Waals surface area contributed by atoms with E-state index in [1.54, 1.807) is 4.90 Å². The van der Waals surface area contributed by atoms with Gasteiger partial charge in [0.1, 0.15) is 6.04 Å². The number of aryl methyl sites for hydroxylation is 1. The predicted octanol–water partition coefficient (Wildman–Crippen LogP) is 1.83. The van der Waals surface area contributed by atoms with Crippen molar-refractivity contribution >= 4 is 5.91 Å². The van der Waals surface area contributed by atoms with Crippen LogP contribution in [-0.4, -0.2) is 55.1 Å². The average molecular weight is 290 g/mol. The number of hydrogen-bond acceptors (Lipinski definition) is 3. The molecule has 1 aromatic rings. The van der Waals surface area contributed by atoms with Crippen molar-refractivity contribution in [3.63, 3.8) is 0 Å². The summed E-state index contributed by atoms with van der Waals surface area (Å²) in [5.74, 6) is 0.0883. The van der Waals surface area contributed by atoms with Crippen molar-refractivity contribution in [2.45, 2.75) is 25.8 Å². The second kappa shape index (κ2) is 6.16. The minimum absolute atomic E-state index is 0.0477. The van der Waals surface area contributed by atoms with Crippen molar-refractivity contribution in [3.8, 4) is 0 Å². The van der Waals surface area contributed by atoms with E-state index in [0.29, 0.717) is 6.54 Å². The summed E-state index contributed by atoms with van der Waals surface area (Å²) < 4.78 is 0. The Morgan fingerprint density at radius 2 is 2.00 bits per heavy atom. The van der Waals surface area contributed by atoms with Crippen molar-refractivity contribution in [2.24, 2.45) is 5.41 Å². The Morgan fingerprint density at radius 3 is 2.48 bits per heavy atom. The molecule has 0 spiro atoms. The minimum atomic E-state index is -0.274. The molecule has 1 aromatic carbocycles. The van der Waals surface area contributed by atoms with E-state index in [1.165, 1.54) is 0 Å². The fraction of sp³-hybridized carbons (Fsp3) is 0.588. The Labute approximate surface area is 127 Å². The lowest BCUT2D eigenvalue weighted by Crippen LogP contribution is -2.41. The highest BCUT2D eigenvalue weighted by Crippen LogP contribution is 2.45. The molecule has 1 aliphatic rings. The topological polar surface area (TPSA) is 43.8 Å². The fourth-order valence-electron chi connectivity index (χ4n) is 2.83. The molecule has 1 N–H and O–H groups in total. The number of aliphatic hydroxyl groups is 1. The molecule has 4 heteroatoms. The lowest BCUT2D eigenvalue weighted by Gasteiger charge is -2.30. The summed E-state index contributed by atoms with van der Waals surface area (Å²) in [6, 6.07) is 7.82. The van der Waals surface area contributed by atoms with E-state index < -0.39 is 0 Å². The average Bonchev–Trinajstić information content (AvgIpc) is 3.18. The monoisotopic (exact) mass is 290 g/mol. The standard InChI is InChI=1S/C17H26N2O2/c1-13-6-5-7-14(10-13)15(18(2)3)16(21)19(4)11-17(12-20)8-9-17/h5-7,10,15,20H,8-9,11-12H2,1-4H3. The fourth-order valence-corrected chi connectivity index (χ4v) is 2.83. The van der Waals surface area contributed by atoms with Crippen LogP contribution in [0.3, 0.4) is 0 Å². The molecule has 0 radical (unpaired) electrons. The smallest absolute Gasteiger partial charge is 0.244 e. The van der Waals surface area contributed by atoms with Gasteiger partial charge in [0.15, 0.2) is 0 Å². The van der Waals surface area contributed by atoms with Gasteiger partial charge in [-0.25, -0.2) is 0 Å². The van der Waals surface area contributed by atoms with Crippen LogP contribution < -0.4 is 0 Å². The van der Waals surface area contributed by atoms with Gasteiger partial charge in [-0.3, -0.25) is 9.69 Å². The van der Waals surface area contributed by atoms with Crippen LogP contribution in [0, 0.1) is 12.3 Å². The normalized spacial score (nSPS) is 17.6. The zero-order chi connectivity index (χ0) is 15.6. The van der Waals surface area contributed by atoms with Gasteiger partial charge in [0.25, 0.3) is 0 Å². The maximum absolute atomic E-state index is 12.8. The van der Waals surface area contributed by atoms with Gasteiger partial charge in [0.05, 0.1) is 6.61 Å². The van der Waals surface area contributed by atoms with E-state index in [2.05, 4.69) is 6.07 Å². The number of rotatable bonds is 6. The van der Waals surface area contributed by atoms with Crippen LogP contribution in [0.4, 0.5) is 0 Å². The predicted molar refractivity (Wildman–Crippen MR) is 84.0 cm³/mol. The first kappa shape index (κ1) is 16.0. The van der Waals surface area contributed by atoms with E-state index in [0.717, 1.165) is 24.0 Å². The number of hydrogen-bond donors (Lipinski definition) is 1. The third kappa shape index (κ3) is 3.63. The first-order valence-corrected chi connectivity index (χ1v) is 7.47. The van der Waals surface area contributed by atoms with Crippen LogP contribution in [-0.2, 0) is 4.79 Å². The number of likely N-dealkylation sites (N-methyl/N-ethyl adjacent to an activating group) is 2. The van der Waals surface area contributed by atoms with Crippen molar-refractivity contribution in [1.29, 1.82) is 0 Å². The molecule has 116 valence electrons. The quantitative estimate of drug-likeness (QED) is 0.869. The maximum Gasteiger partial charge on any atom is 0.244 e. The molecule has 1 unspecified atom stereocenters. The van der Waals surface area contributed by atoms with E-state index >= 15 is 0 Å². The molecular weight excluding hydrogens is 264 g/mol. The number of aliphatic hydroxyl groups excluding tert-OH is 1. The Hall–Kier alpha value is -1.39. The molecule has 0 aliphatic heterocycles. The molecular formula is C17H26N2O2. The Kier molecular flexibility index (Phi) is 4.69. The third-order valence-corrected chi connectivity index (χ3v) is 4.35. The SMILES string of the molecule is Cc1cccc(C(C(=O)N(C)CC2(CO)CC2)N(C)C)c1. The minimum Gasteiger partial charge on any atom is -0.396 e. The molecule has 1 saturated carbocycles. The summed E-state index contributed by atoms with van der Waals surface area (Å²) >= 11 is 0. The van der Waals surface area contributed by atoms with Gasteiger partial charge in [-0.2, -0.15) is 0 Å². The van der Waals surface area contributed by atoms with Gasteiger partial charge in [-0.05, 0) is 39.4 Å². The highest BCUT2D eigenvalue weighted by atomic mass is 16.3. The number of amides is 1. The molecule has 0 bridgehead atoms. The molecule has 0 aromatic heterocycles. The highest BCUT2D eigenvalue weighted by Gasteiger charge is 2.44. The Balaban J connectivity index is 2.16. The summed E-state index contributed by atoms with van der Waals surface area (Å²) in [5, 5.41) is 9.44. The molecule has 2 rings (SSSR count). The zero-order valence-corrected chi connectivity index (χ0v) is 13.5. The summed E-state index contributed by atoms with van der Waals surface area (Å²) in [6.45, 7) is 2.84. The summed E-state index contributed by atoms with van der Waals surface area (Å²) in [5.41, 5.74) is 2.13. The van der Waals surface area contributed by atoms with Crippen LogP contribution in [0.25, 0.3) is 0 Å². The summed E-state index contributed by atoms with van der Waals surface area (Å²) in [4.78, 5) is 16.5. The van der Waals surface area contributed by atoms with Crippen LogP contribution in [0.1, 0.15) is 30.0 Å². The van der Waals surface area contributed by atoms with Crippen molar-refractivity contribution in [1.82, 2.24) is 9.80 Å². The summed E-state index contributed by atoms with van der Waals surface area (Å²) in [7, 11) is 5.69. The van der Waals surface area contributed by atoms with Gasteiger partial charge >= 0.3 is 0 Å². The number of nitrogens with zero attached hydrogens (tertiary/aromatic N) is 2. The first-order chi connectivity index (χ1) is 9.88. The molecule has 21 heavy (non-hydrogen) atoms. The van der Waals surface area contributed by atoms with Gasteiger partial charge in [0.2, 0.25) is 5.91 Å². The molecule has 1 amide bonds. The Bertz CT molecular complexity index is 509. The van der Waals surface area contributed by atoms with Crippen molar-refractivity contribution < 1.29 is 9.90 Å². The summed E-state index contributed by atoms with van der Waals surface area (Å²) in [6.07, 6.45) is 2.02. The van der Waals surface area contributed by atoms with Gasteiger partial charge in [-0.15, -0.1) is 0 Å². The van der Waals surface area contributed by atoms with Gasteiger partial charge < -0.3 is 10.0 Å². The molecule has 1 fully saturated rings. The largest absolute Gasteiger partial charge is 0.396 e. The van der Waals surface area contributed by atoms with Crippen LogP contribution in [0.15, 0.2) is 24.3 Å². The lowest BCUT2D eigenvalue weighted by molar-refractivity contribution is -0.136. The number of benzene rings is 1. The maximum atomic E-state index is 12.8. The van der Waals surface area contributed by atoms with Crippen LogP contribution in [0.2, 0.25) is 0 Å².